The third-order valence-corrected chi connectivity index (χ3v) is 6.88. The zero-order valence-electron chi connectivity index (χ0n) is 16.8. The fourth-order valence-electron chi connectivity index (χ4n) is 4.30. The van der Waals surface area contributed by atoms with Crippen LogP contribution in [-0.2, 0) is 9.53 Å². The standard InChI is InChI=1S/C21H28N4O3S/c1-22-20(27)19-18(15-8-5-9-23-21(15)29-19)16-12-25(10-11-28-16)13-17(26)24-14-6-3-2-4-7-14/h5,8-9,14,16H,2-4,6-7,10-13H2,1H3,(H,22,27)(H,24,26). The third-order valence-electron chi connectivity index (χ3n) is 5.75. The van der Waals surface area contributed by atoms with Crippen molar-refractivity contribution >= 4 is 33.4 Å². The molecular formula is C21H28N4O3S. The van der Waals surface area contributed by atoms with E-state index in [4.69, 9.17) is 4.74 Å². The Hall–Kier alpha value is -2.03. The van der Waals surface area contributed by atoms with Gasteiger partial charge in [0.1, 0.15) is 9.71 Å². The topological polar surface area (TPSA) is 83.6 Å². The van der Waals surface area contributed by atoms with Gasteiger partial charge in [0.25, 0.3) is 5.91 Å². The van der Waals surface area contributed by atoms with Gasteiger partial charge in [-0.15, -0.1) is 11.3 Å². The molecule has 1 saturated carbocycles. The first-order chi connectivity index (χ1) is 14.2. The lowest BCUT2D eigenvalue weighted by molar-refractivity contribution is -0.125. The number of nitrogens with one attached hydrogen (secondary N) is 2. The number of hydrogen-bond acceptors (Lipinski definition) is 6. The summed E-state index contributed by atoms with van der Waals surface area (Å²) < 4.78 is 6.05. The van der Waals surface area contributed by atoms with Crippen molar-refractivity contribution in [1.29, 1.82) is 0 Å². The molecule has 4 rings (SSSR count). The lowest BCUT2D eigenvalue weighted by atomic mass is 9.95. The number of pyridine rings is 1. The molecule has 1 aliphatic carbocycles. The fourth-order valence-corrected chi connectivity index (χ4v) is 5.44. The van der Waals surface area contributed by atoms with Crippen LogP contribution in [0.4, 0.5) is 0 Å². The van der Waals surface area contributed by atoms with Gasteiger partial charge in [-0.05, 0) is 18.9 Å². The number of carbonyl (C=O) groups is 2. The van der Waals surface area contributed by atoms with E-state index in [1.54, 1.807) is 13.2 Å². The van der Waals surface area contributed by atoms with E-state index >= 15 is 0 Å². The van der Waals surface area contributed by atoms with E-state index in [0.717, 1.165) is 28.6 Å². The van der Waals surface area contributed by atoms with Crippen LogP contribution in [0.2, 0.25) is 0 Å². The molecule has 3 heterocycles. The van der Waals surface area contributed by atoms with Crippen molar-refractivity contribution in [2.75, 3.05) is 33.3 Å². The smallest absolute Gasteiger partial charge is 0.261 e. The Labute approximate surface area is 174 Å². The van der Waals surface area contributed by atoms with E-state index in [-0.39, 0.29) is 17.9 Å². The summed E-state index contributed by atoms with van der Waals surface area (Å²) in [5.41, 5.74) is 0.884. The van der Waals surface area contributed by atoms with E-state index in [1.807, 2.05) is 12.1 Å². The van der Waals surface area contributed by atoms with Crippen molar-refractivity contribution in [3.05, 3.63) is 28.8 Å². The van der Waals surface area contributed by atoms with E-state index in [9.17, 15) is 9.59 Å². The van der Waals surface area contributed by atoms with E-state index in [0.29, 0.717) is 37.2 Å². The summed E-state index contributed by atoms with van der Waals surface area (Å²) in [6.07, 6.45) is 7.32. The molecule has 1 aliphatic heterocycles. The molecular weight excluding hydrogens is 388 g/mol. The van der Waals surface area contributed by atoms with E-state index in [1.165, 1.54) is 30.6 Å². The molecule has 2 aromatic rings. The lowest BCUT2D eigenvalue weighted by Gasteiger charge is -2.33. The van der Waals surface area contributed by atoms with Gasteiger partial charge in [0.05, 0.1) is 19.3 Å². The predicted octanol–water partition coefficient (Wildman–Crippen LogP) is 2.48. The Balaban J connectivity index is 1.48. The number of nitrogens with zero attached hydrogens (tertiary/aromatic N) is 2. The van der Waals surface area contributed by atoms with Crippen molar-refractivity contribution < 1.29 is 14.3 Å². The van der Waals surface area contributed by atoms with Crippen LogP contribution >= 0.6 is 11.3 Å². The molecule has 1 unspecified atom stereocenters. The highest BCUT2D eigenvalue weighted by Crippen LogP contribution is 2.37. The molecule has 2 N–H and O–H groups in total. The van der Waals surface area contributed by atoms with E-state index in [2.05, 4.69) is 20.5 Å². The van der Waals surface area contributed by atoms with Crippen LogP contribution in [0.3, 0.4) is 0 Å². The van der Waals surface area contributed by atoms with Gasteiger partial charge in [0.15, 0.2) is 0 Å². The predicted molar refractivity (Wildman–Crippen MR) is 113 cm³/mol. The van der Waals surface area contributed by atoms with Crippen LogP contribution in [0, 0.1) is 0 Å². The van der Waals surface area contributed by atoms with Gasteiger partial charge in [0, 0.05) is 43.3 Å². The van der Waals surface area contributed by atoms with Crippen LogP contribution in [-0.4, -0.2) is 61.0 Å². The zero-order chi connectivity index (χ0) is 20.2. The molecule has 0 aromatic carbocycles. The molecule has 2 amide bonds. The van der Waals surface area contributed by atoms with Crippen LogP contribution in [0.5, 0.6) is 0 Å². The maximum absolute atomic E-state index is 12.5. The van der Waals surface area contributed by atoms with Crippen molar-refractivity contribution in [1.82, 2.24) is 20.5 Å². The van der Waals surface area contributed by atoms with Crippen LogP contribution < -0.4 is 10.6 Å². The molecule has 2 aromatic heterocycles. The second-order valence-corrected chi connectivity index (χ2v) is 8.78. The molecule has 156 valence electrons. The summed E-state index contributed by atoms with van der Waals surface area (Å²) in [7, 11) is 1.63. The van der Waals surface area contributed by atoms with Crippen molar-refractivity contribution in [3.8, 4) is 0 Å². The minimum absolute atomic E-state index is 0.0842. The summed E-state index contributed by atoms with van der Waals surface area (Å²) in [4.78, 5) is 33.0. The van der Waals surface area contributed by atoms with Gasteiger partial charge in [0.2, 0.25) is 5.91 Å². The van der Waals surface area contributed by atoms with Gasteiger partial charge in [-0.2, -0.15) is 0 Å². The molecule has 7 nitrogen and oxygen atoms in total. The second kappa shape index (κ2) is 9.19. The first-order valence-electron chi connectivity index (χ1n) is 10.4. The van der Waals surface area contributed by atoms with Crippen molar-refractivity contribution in [3.63, 3.8) is 0 Å². The van der Waals surface area contributed by atoms with Gasteiger partial charge < -0.3 is 15.4 Å². The Bertz CT molecular complexity index is 878. The molecule has 0 bridgehead atoms. The summed E-state index contributed by atoms with van der Waals surface area (Å²) in [5.74, 6) is -0.0420. The maximum atomic E-state index is 12.5. The third kappa shape index (κ3) is 4.60. The molecule has 2 aliphatic rings. The Morgan fingerprint density at radius 1 is 1.31 bits per heavy atom. The molecule has 2 fully saturated rings. The number of amides is 2. The van der Waals surface area contributed by atoms with Gasteiger partial charge in [-0.1, -0.05) is 25.3 Å². The highest BCUT2D eigenvalue weighted by atomic mass is 32.1. The average Bonchev–Trinajstić information content (AvgIpc) is 3.13. The summed E-state index contributed by atoms with van der Waals surface area (Å²) in [6, 6.07) is 4.18. The molecule has 8 heteroatoms. The normalized spacial score (nSPS) is 21.2. The number of carbonyl (C=O) groups excluding carboxylic acids is 2. The van der Waals surface area contributed by atoms with Gasteiger partial charge in [-0.25, -0.2) is 4.98 Å². The molecule has 0 spiro atoms. The highest BCUT2D eigenvalue weighted by Gasteiger charge is 2.30. The van der Waals surface area contributed by atoms with E-state index < -0.39 is 0 Å². The highest BCUT2D eigenvalue weighted by molar-refractivity contribution is 7.20. The Morgan fingerprint density at radius 3 is 2.93 bits per heavy atom. The monoisotopic (exact) mass is 416 g/mol. The SMILES string of the molecule is CNC(=O)c1sc2ncccc2c1C1CN(CC(=O)NC2CCCCC2)CCO1. The average molecular weight is 417 g/mol. The van der Waals surface area contributed by atoms with Crippen LogP contribution in [0.15, 0.2) is 18.3 Å². The first-order valence-corrected chi connectivity index (χ1v) is 11.2. The van der Waals surface area contributed by atoms with Crippen molar-refractivity contribution in [2.24, 2.45) is 0 Å². The molecule has 1 atom stereocenters. The number of fused-ring (bicyclic) bond motifs is 1. The minimum atomic E-state index is -0.253. The number of morpholine rings is 1. The quantitative estimate of drug-likeness (QED) is 0.782. The van der Waals surface area contributed by atoms with Gasteiger partial charge in [-0.3, -0.25) is 14.5 Å². The Kier molecular flexibility index (Phi) is 6.42. The zero-order valence-corrected chi connectivity index (χ0v) is 17.6. The number of rotatable bonds is 5. The number of hydrogen-bond donors (Lipinski definition) is 2. The molecule has 1 saturated heterocycles. The number of ether oxygens (including phenoxy) is 1. The summed E-state index contributed by atoms with van der Waals surface area (Å²) in [5, 5.41) is 6.87. The minimum Gasteiger partial charge on any atom is -0.371 e. The lowest BCUT2D eigenvalue weighted by Crippen LogP contribution is -2.47. The largest absolute Gasteiger partial charge is 0.371 e. The molecule has 0 radical (unpaired) electrons. The fraction of sp³-hybridized carbons (Fsp3) is 0.571. The summed E-state index contributed by atoms with van der Waals surface area (Å²) in [6.45, 7) is 2.20. The summed E-state index contributed by atoms with van der Waals surface area (Å²) >= 11 is 1.39. The van der Waals surface area contributed by atoms with Gasteiger partial charge >= 0.3 is 0 Å². The Morgan fingerprint density at radius 2 is 2.14 bits per heavy atom. The molecule has 29 heavy (non-hydrogen) atoms. The van der Waals surface area contributed by atoms with Crippen molar-refractivity contribution in [2.45, 2.75) is 44.2 Å². The first kappa shape index (κ1) is 20.3. The second-order valence-electron chi connectivity index (χ2n) is 7.78. The number of thiophene rings is 1. The number of aromatic nitrogens is 1. The van der Waals surface area contributed by atoms with Crippen LogP contribution in [0.25, 0.3) is 10.2 Å². The van der Waals surface area contributed by atoms with Crippen LogP contribution in [0.1, 0.15) is 53.4 Å². The maximum Gasteiger partial charge on any atom is 0.261 e.